The van der Waals surface area contributed by atoms with Crippen molar-refractivity contribution in [3.63, 3.8) is 0 Å². The van der Waals surface area contributed by atoms with Crippen LogP contribution in [0.2, 0.25) is 0 Å². The van der Waals surface area contributed by atoms with E-state index in [1.54, 1.807) is 36.6 Å². The summed E-state index contributed by atoms with van der Waals surface area (Å²) in [6.07, 6.45) is 4.49. The number of sulfonamides is 1. The first-order valence-electron chi connectivity index (χ1n) is 9.90. The van der Waals surface area contributed by atoms with Crippen LogP contribution in [-0.4, -0.2) is 47.7 Å². The van der Waals surface area contributed by atoms with Crippen LogP contribution in [0, 0.1) is 0 Å². The van der Waals surface area contributed by atoms with E-state index in [0.717, 1.165) is 44.2 Å². The molecule has 0 saturated carbocycles. The van der Waals surface area contributed by atoms with Crippen molar-refractivity contribution in [2.75, 3.05) is 19.6 Å². The van der Waals surface area contributed by atoms with Gasteiger partial charge in [0.1, 0.15) is 17.4 Å². The van der Waals surface area contributed by atoms with E-state index in [4.69, 9.17) is 4.42 Å². The van der Waals surface area contributed by atoms with Gasteiger partial charge >= 0.3 is 0 Å². The number of fused-ring (bicyclic) bond motifs is 1. The molecule has 0 bridgehead atoms. The molecule has 3 heterocycles. The van der Waals surface area contributed by atoms with Gasteiger partial charge in [-0.2, -0.15) is 0 Å². The molecule has 0 saturated heterocycles. The topological polar surface area (TPSA) is 93.3 Å². The van der Waals surface area contributed by atoms with Gasteiger partial charge in [-0.05, 0) is 37.3 Å². The Kier molecular flexibility index (Phi) is 6.12. The van der Waals surface area contributed by atoms with E-state index in [-0.39, 0.29) is 11.4 Å². The van der Waals surface area contributed by atoms with Crippen LogP contribution in [0.5, 0.6) is 0 Å². The number of furan rings is 1. The van der Waals surface area contributed by atoms with Crippen LogP contribution in [0.1, 0.15) is 24.3 Å². The molecule has 0 fully saturated rings. The molecule has 2 aromatic heterocycles. The van der Waals surface area contributed by atoms with Crippen LogP contribution in [0.4, 0.5) is 0 Å². The lowest BCUT2D eigenvalue weighted by Gasteiger charge is -2.19. The van der Waals surface area contributed by atoms with Crippen LogP contribution < -0.4 is 4.72 Å². The third-order valence-corrected chi connectivity index (χ3v) is 6.49. The smallest absolute Gasteiger partial charge is 0.240 e. The molecule has 0 amide bonds. The van der Waals surface area contributed by atoms with Gasteiger partial charge < -0.3 is 8.98 Å². The van der Waals surface area contributed by atoms with Crippen molar-refractivity contribution in [1.82, 2.24) is 24.4 Å². The van der Waals surface area contributed by atoms with Gasteiger partial charge in [0.15, 0.2) is 0 Å². The lowest BCUT2D eigenvalue weighted by atomic mass is 10.2. The van der Waals surface area contributed by atoms with Crippen LogP contribution in [0.25, 0.3) is 6.08 Å². The number of benzene rings is 1. The molecule has 0 unspecified atom stereocenters. The van der Waals surface area contributed by atoms with Crippen LogP contribution >= 0.6 is 0 Å². The molecule has 3 aromatic rings. The Bertz CT molecular complexity index is 1100. The van der Waals surface area contributed by atoms with Crippen molar-refractivity contribution >= 4 is 16.1 Å². The highest BCUT2D eigenvalue weighted by molar-refractivity contribution is 7.89. The number of rotatable bonds is 7. The molecule has 1 aliphatic heterocycles. The van der Waals surface area contributed by atoms with E-state index in [1.807, 2.05) is 16.7 Å². The van der Waals surface area contributed by atoms with Crippen LogP contribution in [0.15, 0.2) is 63.6 Å². The summed E-state index contributed by atoms with van der Waals surface area (Å²) in [5.41, 5.74) is 1.22. The summed E-state index contributed by atoms with van der Waals surface area (Å²) in [5.74, 6) is 2.38. The molecule has 158 valence electrons. The van der Waals surface area contributed by atoms with Crippen molar-refractivity contribution in [2.24, 2.45) is 0 Å². The average Bonchev–Trinajstić information content (AvgIpc) is 3.34. The Labute approximate surface area is 176 Å². The molecule has 1 N–H and O–H groups in total. The summed E-state index contributed by atoms with van der Waals surface area (Å²) in [5, 5.41) is 8.50. The molecular formula is C21H25N5O3S. The Hall–Kier alpha value is -2.75. The van der Waals surface area contributed by atoms with E-state index >= 15 is 0 Å². The first-order valence-corrected chi connectivity index (χ1v) is 11.4. The Balaban J connectivity index is 1.38. The Morgan fingerprint density at radius 1 is 1.13 bits per heavy atom. The molecule has 0 aliphatic carbocycles. The molecule has 30 heavy (non-hydrogen) atoms. The Morgan fingerprint density at radius 2 is 1.97 bits per heavy atom. The van der Waals surface area contributed by atoms with Gasteiger partial charge in [-0.1, -0.05) is 23.8 Å². The van der Waals surface area contributed by atoms with E-state index in [9.17, 15) is 8.42 Å². The van der Waals surface area contributed by atoms with E-state index < -0.39 is 10.0 Å². The zero-order chi connectivity index (χ0) is 21.0. The van der Waals surface area contributed by atoms with Crippen molar-refractivity contribution in [2.45, 2.75) is 31.3 Å². The maximum absolute atomic E-state index is 12.5. The number of nitrogens with one attached hydrogen (secondary N) is 1. The minimum atomic E-state index is -3.58. The summed E-state index contributed by atoms with van der Waals surface area (Å²) in [6.45, 7) is 5.48. The highest BCUT2D eigenvalue weighted by Crippen LogP contribution is 2.14. The van der Waals surface area contributed by atoms with E-state index in [0.29, 0.717) is 5.82 Å². The van der Waals surface area contributed by atoms with E-state index in [2.05, 4.69) is 32.8 Å². The quantitative estimate of drug-likeness (QED) is 0.622. The van der Waals surface area contributed by atoms with E-state index in [1.165, 1.54) is 5.57 Å². The molecule has 9 heteroatoms. The highest BCUT2D eigenvalue weighted by atomic mass is 32.2. The summed E-state index contributed by atoms with van der Waals surface area (Å²) in [7, 11) is -3.58. The number of hydrogen-bond donors (Lipinski definition) is 1. The third-order valence-electron chi connectivity index (χ3n) is 5.07. The van der Waals surface area contributed by atoms with Crippen molar-refractivity contribution < 1.29 is 12.8 Å². The summed E-state index contributed by atoms with van der Waals surface area (Å²) < 4.78 is 35.0. The molecule has 0 spiro atoms. The first-order chi connectivity index (χ1) is 14.5. The maximum Gasteiger partial charge on any atom is 0.240 e. The highest BCUT2D eigenvalue weighted by Gasteiger charge is 2.20. The summed E-state index contributed by atoms with van der Waals surface area (Å²) >= 11 is 0. The van der Waals surface area contributed by atoms with Gasteiger partial charge in [0.05, 0.1) is 17.7 Å². The molecule has 8 nitrogen and oxygen atoms in total. The monoisotopic (exact) mass is 427 g/mol. The Morgan fingerprint density at radius 3 is 2.73 bits per heavy atom. The summed E-state index contributed by atoms with van der Waals surface area (Å²) in [6, 6.07) is 12.2. The van der Waals surface area contributed by atoms with Crippen LogP contribution in [0.3, 0.4) is 0 Å². The fourth-order valence-corrected chi connectivity index (χ4v) is 4.57. The third kappa shape index (κ3) is 4.86. The zero-order valence-electron chi connectivity index (χ0n) is 16.9. The van der Waals surface area contributed by atoms with Gasteiger partial charge in [0.2, 0.25) is 10.0 Å². The van der Waals surface area contributed by atoms with Crippen LogP contribution in [-0.2, 0) is 29.5 Å². The molecule has 1 aromatic carbocycles. The zero-order valence-corrected chi connectivity index (χ0v) is 17.7. The largest absolute Gasteiger partial charge is 0.465 e. The number of hydrogen-bond acceptors (Lipinski definition) is 6. The predicted molar refractivity (Wildman–Crippen MR) is 113 cm³/mol. The van der Waals surface area contributed by atoms with Gasteiger partial charge in [-0.3, -0.25) is 4.90 Å². The number of nitrogens with zero attached hydrogens (tertiary/aromatic N) is 4. The lowest BCUT2D eigenvalue weighted by Crippen LogP contribution is -2.29. The first kappa shape index (κ1) is 20.5. The lowest BCUT2D eigenvalue weighted by molar-refractivity contribution is 0.301. The second-order valence-electron chi connectivity index (χ2n) is 7.35. The van der Waals surface area contributed by atoms with Crippen molar-refractivity contribution in [3.8, 4) is 0 Å². The second kappa shape index (κ2) is 8.95. The minimum Gasteiger partial charge on any atom is -0.465 e. The SMILES string of the molecule is CC(=Cc1ccco1)CN1CCc2nnc(CNS(=O)(=O)c3ccccc3)n2CC1. The molecule has 0 radical (unpaired) electrons. The molecule has 1 aliphatic rings. The minimum absolute atomic E-state index is 0.113. The number of aromatic nitrogens is 3. The molecule has 0 atom stereocenters. The van der Waals surface area contributed by atoms with Gasteiger partial charge in [0, 0.05) is 32.6 Å². The molecular weight excluding hydrogens is 402 g/mol. The van der Waals surface area contributed by atoms with Crippen molar-refractivity contribution in [1.29, 1.82) is 0 Å². The fraction of sp³-hybridized carbons (Fsp3) is 0.333. The predicted octanol–water partition coefficient (Wildman–Crippen LogP) is 2.31. The van der Waals surface area contributed by atoms with Gasteiger partial charge in [0.25, 0.3) is 0 Å². The van der Waals surface area contributed by atoms with Gasteiger partial charge in [-0.15, -0.1) is 10.2 Å². The normalized spacial score (nSPS) is 15.7. The fourth-order valence-electron chi connectivity index (χ4n) is 3.57. The van der Waals surface area contributed by atoms with Gasteiger partial charge in [-0.25, -0.2) is 13.1 Å². The standard InChI is InChI=1S/C21H25N5O3S/c1-17(14-18-6-5-13-29-18)16-25-10-9-20-23-24-21(26(20)12-11-25)15-22-30(27,28)19-7-3-2-4-8-19/h2-8,13-14,22H,9-12,15-16H2,1H3. The van der Waals surface area contributed by atoms with Crippen molar-refractivity contribution in [3.05, 3.63) is 71.7 Å². The molecule has 4 rings (SSSR count). The second-order valence-corrected chi connectivity index (χ2v) is 9.12. The average molecular weight is 428 g/mol. The maximum atomic E-state index is 12.5. The summed E-state index contributed by atoms with van der Waals surface area (Å²) in [4.78, 5) is 2.60.